The Labute approximate surface area is 150 Å². The quantitative estimate of drug-likeness (QED) is 0.888. The Kier molecular flexibility index (Phi) is 5.07. The van der Waals surface area contributed by atoms with Crippen LogP contribution in [0.4, 0.5) is 4.39 Å². The number of piperidine rings is 2. The smallest absolute Gasteiger partial charge is 0.254 e. The Bertz CT molecular complexity index is 600. The number of fused-ring (bicyclic) bond motifs is 2. The summed E-state index contributed by atoms with van der Waals surface area (Å²) in [7, 11) is 0. The van der Waals surface area contributed by atoms with Gasteiger partial charge in [0.25, 0.3) is 5.91 Å². The molecule has 1 amide bonds. The van der Waals surface area contributed by atoms with Crippen LogP contribution in [0.2, 0.25) is 0 Å². The van der Waals surface area contributed by atoms with Gasteiger partial charge in [-0.1, -0.05) is 37.8 Å². The highest BCUT2D eigenvalue weighted by atomic mass is 19.1. The number of nitrogens with one attached hydrogen (secondary N) is 1. The van der Waals surface area contributed by atoms with Crippen molar-refractivity contribution >= 4 is 5.91 Å². The number of rotatable bonds is 3. The van der Waals surface area contributed by atoms with Crippen LogP contribution in [-0.2, 0) is 0 Å². The van der Waals surface area contributed by atoms with Crippen molar-refractivity contribution in [2.75, 3.05) is 0 Å². The van der Waals surface area contributed by atoms with E-state index >= 15 is 0 Å². The Balaban J connectivity index is 1.43. The second kappa shape index (κ2) is 7.45. The van der Waals surface area contributed by atoms with Crippen molar-refractivity contribution in [3.05, 3.63) is 35.6 Å². The van der Waals surface area contributed by atoms with Gasteiger partial charge < -0.3 is 5.32 Å². The van der Waals surface area contributed by atoms with E-state index in [1.807, 2.05) is 0 Å². The molecule has 4 heteroatoms. The zero-order valence-corrected chi connectivity index (χ0v) is 14.9. The van der Waals surface area contributed by atoms with Gasteiger partial charge in [0.05, 0.1) is 5.56 Å². The number of halogens is 1. The minimum Gasteiger partial charge on any atom is -0.349 e. The molecule has 0 aromatic heterocycles. The number of carbonyl (C=O) groups excluding carboxylic acids is 1. The highest BCUT2D eigenvalue weighted by Gasteiger charge is 2.42. The van der Waals surface area contributed by atoms with Crippen molar-refractivity contribution in [3.8, 4) is 0 Å². The molecule has 25 heavy (non-hydrogen) atoms. The monoisotopic (exact) mass is 344 g/mol. The van der Waals surface area contributed by atoms with E-state index in [9.17, 15) is 9.18 Å². The van der Waals surface area contributed by atoms with Crippen molar-refractivity contribution in [3.63, 3.8) is 0 Å². The van der Waals surface area contributed by atoms with Crippen LogP contribution in [0.25, 0.3) is 0 Å². The van der Waals surface area contributed by atoms with Crippen LogP contribution < -0.4 is 5.32 Å². The molecule has 0 radical (unpaired) electrons. The molecule has 1 aromatic carbocycles. The molecule has 1 aliphatic carbocycles. The van der Waals surface area contributed by atoms with E-state index in [0.717, 1.165) is 18.9 Å². The number of amides is 1. The summed E-state index contributed by atoms with van der Waals surface area (Å²) in [5.74, 6) is -0.688. The van der Waals surface area contributed by atoms with Crippen molar-refractivity contribution in [1.82, 2.24) is 10.2 Å². The van der Waals surface area contributed by atoms with Gasteiger partial charge in [0, 0.05) is 24.2 Å². The average molecular weight is 344 g/mol. The van der Waals surface area contributed by atoms with Crippen molar-refractivity contribution in [1.29, 1.82) is 0 Å². The first-order valence-corrected chi connectivity index (χ1v) is 10.0. The molecule has 3 aliphatic rings. The highest BCUT2D eigenvalue weighted by Crippen LogP contribution is 2.39. The summed E-state index contributed by atoms with van der Waals surface area (Å²) in [6, 6.07) is 8.41. The largest absolute Gasteiger partial charge is 0.349 e. The maximum atomic E-state index is 13.9. The van der Waals surface area contributed by atoms with E-state index < -0.39 is 5.82 Å². The molecule has 1 saturated carbocycles. The van der Waals surface area contributed by atoms with Gasteiger partial charge in [-0.2, -0.15) is 0 Å². The fourth-order valence-corrected chi connectivity index (χ4v) is 5.42. The number of nitrogens with zero attached hydrogens (tertiary/aromatic N) is 1. The van der Waals surface area contributed by atoms with Gasteiger partial charge in [-0.05, 0) is 50.7 Å². The van der Waals surface area contributed by atoms with Crippen molar-refractivity contribution < 1.29 is 9.18 Å². The highest BCUT2D eigenvalue weighted by molar-refractivity contribution is 5.94. The van der Waals surface area contributed by atoms with Gasteiger partial charge in [0.15, 0.2) is 0 Å². The zero-order valence-electron chi connectivity index (χ0n) is 14.9. The minimum absolute atomic E-state index is 0.169. The lowest BCUT2D eigenvalue weighted by Gasteiger charge is -2.53. The summed E-state index contributed by atoms with van der Waals surface area (Å²) in [5.41, 5.74) is 0.169. The first-order valence-electron chi connectivity index (χ1n) is 10.0. The maximum absolute atomic E-state index is 13.9. The Morgan fingerprint density at radius 2 is 1.56 bits per heavy atom. The van der Waals surface area contributed by atoms with Gasteiger partial charge in [-0.15, -0.1) is 0 Å². The van der Waals surface area contributed by atoms with Crippen LogP contribution in [0, 0.1) is 5.82 Å². The van der Waals surface area contributed by atoms with Crippen molar-refractivity contribution in [2.24, 2.45) is 0 Å². The van der Waals surface area contributed by atoms with Crippen LogP contribution in [-0.4, -0.2) is 35.0 Å². The van der Waals surface area contributed by atoms with Crippen LogP contribution in [0.1, 0.15) is 74.6 Å². The van der Waals surface area contributed by atoms with Gasteiger partial charge in [0.2, 0.25) is 0 Å². The Hall–Kier alpha value is -1.42. The normalized spacial score (nSPS) is 30.8. The Morgan fingerprint density at radius 3 is 2.24 bits per heavy atom. The van der Waals surface area contributed by atoms with Crippen LogP contribution in [0.3, 0.4) is 0 Å². The van der Waals surface area contributed by atoms with Gasteiger partial charge in [-0.3, -0.25) is 9.69 Å². The molecule has 2 heterocycles. The zero-order chi connectivity index (χ0) is 17.2. The molecule has 3 nitrogen and oxygen atoms in total. The van der Waals surface area contributed by atoms with E-state index in [1.165, 1.54) is 57.4 Å². The van der Waals surface area contributed by atoms with E-state index in [1.54, 1.807) is 18.2 Å². The third-order valence-corrected chi connectivity index (χ3v) is 6.48. The molecule has 0 spiro atoms. The summed E-state index contributed by atoms with van der Waals surface area (Å²) < 4.78 is 13.9. The summed E-state index contributed by atoms with van der Waals surface area (Å²) in [5, 5.41) is 3.12. The molecule has 136 valence electrons. The second-order valence-corrected chi connectivity index (χ2v) is 8.10. The molecule has 2 saturated heterocycles. The van der Waals surface area contributed by atoms with Crippen LogP contribution in [0.15, 0.2) is 24.3 Å². The van der Waals surface area contributed by atoms with Crippen molar-refractivity contribution in [2.45, 2.75) is 88.4 Å². The molecule has 4 rings (SSSR count). The van der Waals surface area contributed by atoms with E-state index in [-0.39, 0.29) is 17.5 Å². The topological polar surface area (TPSA) is 32.3 Å². The van der Waals surface area contributed by atoms with Crippen LogP contribution >= 0.6 is 0 Å². The average Bonchev–Trinajstić information content (AvgIpc) is 2.62. The van der Waals surface area contributed by atoms with Gasteiger partial charge >= 0.3 is 0 Å². The number of benzene rings is 1. The fraction of sp³-hybridized carbons (Fsp3) is 0.667. The number of hydrogen-bond donors (Lipinski definition) is 1. The third kappa shape index (κ3) is 3.59. The van der Waals surface area contributed by atoms with E-state index in [2.05, 4.69) is 10.2 Å². The predicted molar refractivity (Wildman–Crippen MR) is 97.0 cm³/mol. The molecular weight excluding hydrogens is 315 g/mol. The summed E-state index contributed by atoms with van der Waals surface area (Å²) >= 11 is 0. The molecule has 1 aromatic rings. The molecule has 3 fully saturated rings. The lowest BCUT2D eigenvalue weighted by Crippen LogP contribution is -2.60. The number of carbonyl (C=O) groups is 1. The number of hydrogen-bond acceptors (Lipinski definition) is 2. The molecular formula is C21H29FN2O. The van der Waals surface area contributed by atoms with Gasteiger partial charge in [-0.25, -0.2) is 4.39 Å². The summed E-state index contributed by atoms with van der Waals surface area (Å²) in [6.45, 7) is 0. The second-order valence-electron chi connectivity index (χ2n) is 8.10. The lowest BCUT2D eigenvalue weighted by molar-refractivity contribution is -0.0212. The SMILES string of the molecule is O=C(NC1CC2CCCC(C1)N2C1CCCCC1)c1ccccc1F. The summed E-state index contributed by atoms with van der Waals surface area (Å²) in [4.78, 5) is 15.3. The molecule has 2 atom stereocenters. The fourth-order valence-electron chi connectivity index (χ4n) is 5.42. The first kappa shape index (κ1) is 17.0. The van der Waals surface area contributed by atoms with Gasteiger partial charge in [0.1, 0.15) is 5.82 Å². The lowest BCUT2D eigenvalue weighted by atomic mass is 9.78. The maximum Gasteiger partial charge on any atom is 0.254 e. The van der Waals surface area contributed by atoms with E-state index in [0.29, 0.717) is 12.1 Å². The predicted octanol–water partition coefficient (Wildman–Crippen LogP) is 4.27. The van der Waals surface area contributed by atoms with Crippen LogP contribution in [0.5, 0.6) is 0 Å². The third-order valence-electron chi connectivity index (χ3n) is 6.48. The summed E-state index contributed by atoms with van der Waals surface area (Å²) in [6.07, 6.45) is 12.7. The molecule has 2 bridgehead atoms. The molecule has 1 N–H and O–H groups in total. The minimum atomic E-state index is -0.431. The molecule has 2 aliphatic heterocycles. The molecule has 2 unspecified atom stereocenters. The standard InChI is InChI=1S/C21H29FN2O/c22-20-12-5-4-11-19(20)21(25)23-15-13-17-9-6-10-18(14-15)24(17)16-7-2-1-3-8-16/h4-5,11-12,15-18H,1-3,6-10,13-14H2,(H,23,25). The Morgan fingerprint density at radius 1 is 0.920 bits per heavy atom. The van der Waals surface area contributed by atoms with E-state index in [4.69, 9.17) is 0 Å². The first-order chi connectivity index (χ1) is 12.2.